The van der Waals surface area contributed by atoms with Gasteiger partial charge in [0.1, 0.15) is 23.0 Å². The number of hydrogen-bond acceptors (Lipinski definition) is 5. The lowest BCUT2D eigenvalue weighted by molar-refractivity contribution is 0.0736. The molecule has 0 spiro atoms. The molecule has 11 heteroatoms. The van der Waals surface area contributed by atoms with Crippen molar-refractivity contribution in [1.29, 1.82) is 0 Å². The highest BCUT2D eigenvalue weighted by Crippen LogP contribution is 2.34. The van der Waals surface area contributed by atoms with E-state index in [1.165, 1.54) is 18.4 Å². The number of furan rings is 1. The van der Waals surface area contributed by atoms with Gasteiger partial charge in [-0.2, -0.15) is 0 Å². The van der Waals surface area contributed by atoms with E-state index in [2.05, 4.69) is 10.0 Å². The Labute approximate surface area is 183 Å². The van der Waals surface area contributed by atoms with E-state index in [0.29, 0.717) is 23.9 Å². The SMILES string of the molecule is Cl.O=S(=O)(Nc1cc(O[C@H]2CCNC[C@@H]2F)c2occc2c1)c1cc(F)ccc1Cl. The number of ether oxygens (including phenoxy) is 1. The molecule has 2 heterocycles. The summed E-state index contributed by atoms with van der Waals surface area (Å²) in [5.74, 6) is -0.519. The van der Waals surface area contributed by atoms with Crippen molar-refractivity contribution in [3.8, 4) is 5.75 Å². The lowest BCUT2D eigenvalue weighted by Crippen LogP contribution is -2.44. The van der Waals surface area contributed by atoms with Crippen LogP contribution in [0.15, 0.2) is 52.0 Å². The molecule has 1 aromatic heterocycles. The van der Waals surface area contributed by atoms with E-state index >= 15 is 0 Å². The van der Waals surface area contributed by atoms with Crippen molar-refractivity contribution in [2.45, 2.75) is 23.6 Å². The maximum atomic E-state index is 14.2. The minimum absolute atomic E-state index is 0. The molecule has 0 amide bonds. The molecule has 2 N–H and O–H groups in total. The van der Waals surface area contributed by atoms with E-state index in [1.54, 1.807) is 6.07 Å². The van der Waals surface area contributed by atoms with Crippen molar-refractivity contribution in [1.82, 2.24) is 5.32 Å². The van der Waals surface area contributed by atoms with Gasteiger partial charge in [0, 0.05) is 18.0 Å². The van der Waals surface area contributed by atoms with E-state index in [0.717, 1.165) is 18.2 Å². The first kappa shape index (κ1) is 22.6. The molecule has 3 aromatic rings. The minimum atomic E-state index is -4.17. The van der Waals surface area contributed by atoms with Crippen molar-refractivity contribution in [3.63, 3.8) is 0 Å². The second-order valence-electron chi connectivity index (χ2n) is 6.66. The molecule has 1 aliphatic heterocycles. The largest absolute Gasteiger partial charge is 0.483 e. The Morgan fingerprint density at radius 3 is 2.80 bits per heavy atom. The molecular weight excluding hydrogens is 461 g/mol. The number of fused-ring (bicyclic) bond motifs is 1. The van der Waals surface area contributed by atoms with Crippen LogP contribution in [0.5, 0.6) is 5.75 Å². The highest BCUT2D eigenvalue weighted by molar-refractivity contribution is 7.92. The van der Waals surface area contributed by atoms with E-state index in [-0.39, 0.29) is 35.4 Å². The first-order valence-corrected chi connectivity index (χ1v) is 10.7. The van der Waals surface area contributed by atoms with Crippen LogP contribution in [0.25, 0.3) is 11.0 Å². The van der Waals surface area contributed by atoms with Crippen molar-refractivity contribution < 1.29 is 26.4 Å². The first-order chi connectivity index (χ1) is 13.8. The molecule has 2 atom stereocenters. The van der Waals surface area contributed by atoms with Gasteiger partial charge < -0.3 is 14.5 Å². The third-order valence-corrected chi connectivity index (χ3v) is 6.44. The minimum Gasteiger partial charge on any atom is -0.483 e. The van der Waals surface area contributed by atoms with E-state index < -0.39 is 33.0 Å². The van der Waals surface area contributed by atoms with Crippen LogP contribution >= 0.6 is 24.0 Å². The third kappa shape index (κ3) is 4.64. The number of piperidine rings is 1. The molecule has 2 aromatic carbocycles. The van der Waals surface area contributed by atoms with E-state index in [4.69, 9.17) is 20.8 Å². The summed E-state index contributed by atoms with van der Waals surface area (Å²) in [6.07, 6.45) is -0.0124. The lowest BCUT2D eigenvalue weighted by Gasteiger charge is -2.27. The van der Waals surface area contributed by atoms with Crippen LogP contribution < -0.4 is 14.8 Å². The van der Waals surface area contributed by atoms with Gasteiger partial charge in [0.25, 0.3) is 10.0 Å². The smallest absolute Gasteiger partial charge is 0.263 e. The van der Waals surface area contributed by atoms with Gasteiger partial charge in [-0.25, -0.2) is 17.2 Å². The summed E-state index contributed by atoms with van der Waals surface area (Å²) in [6.45, 7) is 0.785. The van der Waals surface area contributed by atoms with Gasteiger partial charge in [-0.3, -0.25) is 4.72 Å². The fourth-order valence-electron chi connectivity index (χ4n) is 3.18. The molecule has 6 nitrogen and oxygen atoms in total. The molecule has 0 bridgehead atoms. The number of nitrogens with one attached hydrogen (secondary N) is 2. The van der Waals surface area contributed by atoms with E-state index in [1.807, 2.05) is 0 Å². The molecule has 30 heavy (non-hydrogen) atoms. The van der Waals surface area contributed by atoms with Crippen molar-refractivity contribution in [2.75, 3.05) is 17.8 Å². The van der Waals surface area contributed by atoms with Crippen LogP contribution in [0, 0.1) is 5.82 Å². The van der Waals surface area contributed by atoms with Crippen molar-refractivity contribution in [3.05, 3.63) is 53.5 Å². The summed E-state index contributed by atoms with van der Waals surface area (Å²) in [5, 5.41) is 3.39. The topological polar surface area (TPSA) is 80.6 Å². The van der Waals surface area contributed by atoms with Gasteiger partial charge in [-0.05, 0) is 43.3 Å². The molecule has 0 unspecified atom stereocenters. The van der Waals surface area contributed by atoms with Crippen molar-refractivity contribution >= 4 is 50.7 Å². The summed E-state index contributed by atoms with van der Waals surface area (Å²) < 4.78 is 66.7. The number of anilines is 1. The Bertz CT molecular complexity index is 1160. The second kappa shape index (κ2) is 8.97. The highest BCUT2D eigenvalue weighted by Gasteiger charge is 2.28. The van der Waals surface area contributed by atoms with Gasteiger partial charge in [-0.15, -0.1) is 12.4 Å². The Morgan fingerprint density at radius 2 is 2.03 bits per heavy atom. The van der Waals surface area contributed by atoms with E-state index in [9.17, 15) is 17.2 Å². The zero-order valence-corrected chi connectivity index (χ0v) is 17.8. The summed E-state index contributed by atoms with van der Waals surface area (Å²) in [6, 6.07) is 7.64. The summed E-state index contributed by atoms with van der Waals surface area (Å²) in [7, 11) is -4.17. The average molecular weight is 479 g/mol. The standard InChI is InChI=1S/C19H17ClF2N2O4S.ClH/c20-14-2-1-12(21)8-18(14)29(25,26)24-13-7-11-4-6-27-19(11)17(9-13)28-16-3-5-23-10-15(16)22;/h1-2,4,6-9,15-16,23-24H,3,5,10H2;1H/t15-,16-;/m0./s1. The fourth-order valence-corrected chi connectivity index (χ4v) is 4.73. The zero-order valence-electron chi connectivity index (χ0n) is 15.4. The number of halogens is 4. The molecule has 1 fully saturated rings. The fraction of sp³-hybridized carbons (Fsp3) is 0.263. The molecule has 4 rings (SSSR count). The molecular formula is C19H18Cl2F2N2O4S. The van der Waals surface area contributed by atoms with Crippen LogP contribution in [0.2, 0.25) is 5.02 Å². The maximum Gasteiger partial charge on any atom is 0.263 e. The van der Waals surface area contributed by atoms with Crippen LogP contribution in [0.3, 0.4) is 0 Å². The second-order valence-corrected chi connectivity index (χ2v) is 8.72. The Kier molecular flexibility index (Phi) is 6.76. The highest BCUT2D eigenvalue weighted by atomic mass is 35.5. The number of rotatable bonds is 5. The number of alkyl halides is 1. The molecule has 0 aliphatic carbocycles. The molecule has 1 aliphatic rings. The predicted octanol–water partition coefficient (Wildman–Crippen LogP) is 4.53. The van der Waals surface area contributed by atoms with Crippen LogP contribution in [0.4, 0.5) is 14.5 Å². The molecule has 0 radical (unpaired) electrons. The Hall–Kier alpha value is -2.07. The van der Waals surface area contributed by atoms with Gasteiger partial charge in [0.2, 0.25) is 0 Å². The van der Waals surface area contributed by atoms with Gasteiger partial charge in [0.05, 0.1) is 17.0 Å². The van der Waals surface area contributed by atoms with Gasteiger partial charge in [-0.1, -0.05) is 11.6 Å². The van der Waals surface area contributed by atoms with Crippen LogP contribution in [0.1, 0.15) is 6.42 Å². The molecule has 1 saturated heterocycles. The molecule has 0 saturated carbocycles. The summed E-state index contributed by atoms with van der Waals surface area (Å²) in [5.41, 5.74) is 0.529. The summed E-state index contributed by atoms with van der Waals surface area (Å²) >= 11 is 5.93. The Balaban J connectivity index is 0.00000256. The number of benzene rings is 2. The van der Waals surface area contributed by atoms with Crippen LogP contribution in [-0.4, -0.2) is 33.8 Å². The van der Waals surface area contributed by atoms with Gasteiger partial charge in [0.15, 0.2) is 11.3 Å². The van der Waals surface area contributed by atoms with Crippen molar-refractivity contribution in [2.24, 2.45) is 0 Å². The average Bonchev–Trinajstić information content (AvgIpc) is 3.14. The predicted molar refractivity (Wildman–Crippen MR) is 112 cm³/mol. The quantitative estimate of drug-likeness (QED) is 0.563. The van der Waals surface area contributed by atoms with Crippen LogP contribution in [-0.2, 0) is 10.0 Å². The normalized spacial score (nSPS) is 19.3. The number of sulfonamides is 1. The zero-order chi connectivity index (χ0) is 20.6. The van der Waals surface area contributed by atoms with Gasteiger partial charge >= 0.3 is 0 Å². The molecule has 162 valence electrons. The third-order valence-electron chi connectivity index (χ3n) is 4.58. The maximum absolute atomic E-state index is 14.2. The monoisotopic (exact) mass is 478 g/mol. The Morgan fingerprint density at radius 1 is 1.23 bits per heavy atom. The first-order valence-electron chi connectivity index (χ1n) is 8.84. The number of hydrogen-bond donors (Lipinski definition) is 2. The summed E-state index contributed by atoms with van der Waals surface area (Å²) in [4.78, 5) is -0.392. The lowest BCUT2D eigenvalue weighted by atomic mass is 10.1.